The molecule has 40 heteroatoms. The van der Waals surface area contributed by atoms with Crippen LogP contribution in [0.15, 0.2) is 60.7 Å². The molecule has 38 nitrogen and oxygen atoms in total. The van der Waals surface area contributed by atoms with Crippen LogP contribution in [0, 0.1) is 11.8 Å². The predicted molar refractivity (Wildman–Crippen MR) is 392 cm³/mol. The number of carbonyl (C=O) groups is 16. The summed E-state index contributed by atoms with van der Waals surface area (Å²) in [5, 5.41) is 70.0. The van der Waals surface area contributed by atoms with E-state index in [2.05, 4.69) is 63.8 Å². The lowest BCUT2D eigenvalue weighted by Crippen LogP contribution is -2.63. The van der Waals surface area contributed by atoms with Gasteiger partial charge in [0.1, 0.15) is 66.5 Å². The van der Waals surface area contributed by atoms with Crippen LogP contribution in [0.3, 0.4) is 0 Å². The van der Waals surface area contributed by atoms with E-state index in [1.54, 1.807) is 74.5 Å². The van der Waals surface area contributed by atoms with E-state index in [0.717, 1.165) is 13.8 Å². The van der Waals surface area contributed by atoms with Crippen LogP contribution in [0.25, 0.3) is 0 Å². The van der Waals surface area contributed by atoms with E-state index in [1.165, 1.54) is 26.4 Å². The maximum Gasteiger partial charge on any atom is 0.326 e. The third-order valence-corrected chi connectivity index (χ3v) is 17.9. The number of amides is 14. The van der Waals surface area contributed by atoms with Crippen LogP contribution in [-0.4, -0.2) is 245 Å². The third kappa shape index (κ3) is 36.1. The molecule has 602 valence electrons. The van der Waals surface area contributed by atoms with Crippen LogP contribution in [0.1, 0.15) is 117 Å². The number of benzene rings is 2. The lowest BCUT2D eigenvalue weighted by Gasteiger charge is -2.30. The summed E-state index contributed by atoms with van der Waals surface area (Å²) in [5.74, 6) is -19.6. The van der Waals surface area contributed by atoms with Gasteiger partial charge in [0, 0.05) is 64.9 Å². The Morgan fingerprint density at radius 3 is 1.28 bits per heavy atom. The maximum atomic E-state index is 14.6. The fourth-order valence-corrected chi connectivity index (χ4v) is 11.6. The van der Waals surface area contributed by atoms with Gasteiger partial charge >= 0.3 is 11.9 Å². The van der Waals surface area contributed by atoms with Crippen molar-refractivity contribution < 1.29 is 106 Å². The van der Waals surface area contributed by atoms with Crippen LogP contribution in [0.4, 0.5) is 0 Å². The van der Waals surface area contributed by atoms with Crippen molar-refractivity contribution in [3.63, 3.8) is 0 Å². The van der Waals surface area contributed by atoms with Crippen LogP contribution >= 0.6 is 0 Å². The van der Waals surface area contributed by atoms with Gasteiger partial charge in [-0.2, -0.15) is 0 Å². The highest BCUT2D eigenvalue weighted by Crippen LogP contribution is 2.14. The number of hydrogen-bond acceptors (Lipinski definition) is 22. The average molecular weight is 1560 g/mol. The quantitative estimate of drug-likeness (QED) is 0.0274. The minimum absolute atomic E-state index is 0.0365. The Bertz CT molecular complexity index is 3470. The van der Waals surface area contributed by atoms with Gasteiger partial charge in [0.15, 0.2) is 0 Å². The molecule has 2 aromatic carbocycles. The predicted octanol–water partition coefficient (Wildman–Crippen LogP) is -6.92. The molecular formula is C68H106N16O22S2. The van der Waals surface area contributed by atoms with Crippen molar-refractivity contribution in [2.45, 2.75) is 203 Å². The zero-order valence-electron chi connectivity index (χ0n) is 61.6. The standard InChI is InChI=1S/C68H106N16O22S2/c1-35(2)29-45(64(99)84-56(38(6)86)67(102)82-54(36(3)4)65(100)76-43(25-28-108(8)106)60(95)83-55(37(5)85)66(101)75-42(22-23-50(71)87)59(94)77-44(68(103)104)21-15-16-26-69)79-61(96)47(31-40-19-13-10-14-20-40)81-63(98)49(33-53(90)91)74-52(89)34-73-58(93)46(30-39-17-11-9-12-18-39)80-62(97)48(32-51(72)88)78-57(92)41(70)24-27-107(7)105/h9-14,17-20,35-38,41-49,54-56,85-86H,15-16,21-34,69-70H2,1-8H3,(H2,71,87)(H2,72,88)(H,73,93)(H,74,89)(H,75,101)(H,76,100)(H,77,94)(H,78,92)(H,79,96)(H,80,97)(H,81,98)(H,82,102)(H,83,95)(H,84,99)(H,90,91)(H,103,104)/t37-,38-,41+,42+,43+,44+,45+,46+,47+,48+,49+,54+,55+,56+,107?,108?/m1/s1. The molecule has 2 aromatic rings. The fraction of sp³-hybridized carbons (Fsp3) is 0.588. The number of aliphatic hydroxyl groups is 2. The van der Waals surface area contributed by atoms with E-state index in [1.807, 2.05) is 0 Å². The zero-order chi connectivity index (χ0) is 81.7. The van der Waals surface area contributed by atoms with Gasteiger partial charge in [-0.25, -0.2) is 4.79 Å². The summed E-state index contributed by atoms with van der Waals surface area (Å²) in [6.45, 7) is 7.74. The normalized spacial score (nSPS) is 15.6. The molecule has 0 saturated carbocycles. The van der Waals surface area contributed by atoms with Gasteiger partial charge in [0.2, 0.25) is 82.7 Å². The molecule has 16 atom stereocenters. The van der Waals surface area contributed by atoms with Crippen molar-refractivity contribution in [2.24, 2.45) is 34.8 Å². The van der Waals surface area contributed by atoms with Gasteiger partial charge in [0.25, 0.3) is 0 Å². The number of nitrogens with two attached hydrogens (primary N) is 4. The Hall–Kier alpha value is -9.90. The molecule has 0 fully saturated rings. The van der Waals surface area contributed by atoms with E-state index in [0.29, 0.717) is 24.0 Å². The van der Waals surface area contributed by atoms with Crippen LogP contribution < -0.4 is 86.7 Å². The molecule has 0 heterocycles. The van der Waals surface area contributed by atoms with Crippen LogP contribution in [-0.2, 0) is 111 Å². The second kappa shape index (κ2) is 48.4. The van der Waals surface area contributed by atoms with Crippen molar-refractivity contribution in [3.05, 3.63) is 71.8 Å². The Labute approximate surface area is 629 Å². The number of nitrogens with one attached hydrogen (secondary N) is 12. The van der Waals surface area contributed by atoms with Crippen molar-refractivity contribution in [1.29, 1.82) is 0 Å². The molecule has 0 saturated heterocycles. The van der Waals surface area contributed by atoms with Crippen LogP contribution in [0.5, 0.6) is 0 Å². The summed E-state index contributed by atoms with van der Waals surface area (Å²) < 4.78 is 24.0. The topological polar surface area (TPSA) is 637 Å². The molecule has 2 unspecified atom stereocenters. The number of carboxylic acids is 2. The number of rotatable bonds is 51. The van der Waals surface area contributed by atoms with E-state index >= 15 is 0 Å². The Balaban J connectivity index is 2.45. The largest absolute Gasteiger partial charge is 0.481 e. The number of carboxylic acid groups (broad SMARTS) is 2. The van der Waals surface area contributed by atoms with Crippen LogP contribution in [0.2, 0.25) is 0 Å². The number of aliphatic hydroxyl groups excluding tert-OH is 2. The molecule has 14 amide bonds. The zero-order valence-corrected chi connectivity index (χ0v) is 63.2. The third-order valence-electron chi connectivity index (χ3n) is 16.3. The summed E-state index contributed by atoms with van der Waals surface area (Å²) in [7, 11) is -2.94. The minimum atomic E-state index is -1.97. The fourth-order valence-electron chi connectivity index (χ4n) is 10.4. The van der Waals surface area contributed by atoms with Crippen molar-refractivity contribution in [3.8, 4) is 0 Å². The highest BCUT2D eigenvalue weighted by molar-refractivity contribution is 7.84. The molecule has 0 bridgehead atoms. The first-order valence-electron chi connectivity index (χ1n) is 34.8. The molecule has 0 radical (unpaired) electrons. The second-order valence-electron chi connectivity index (χ2n) is 26.6. The molecular weight excluding hydrogens is 1460 g/mol. The number of unbranched alkanes of at least 4 members (excludes halogenated alkanes) is 1. The van der Waals surface area contributed by atoms with E-state index < -0.39 is 245 Å². The molecule has 2 rings (SSSR count). The second-order valence-corrected chi connectivity index (χ2v) is 29.7. The smallest absolute Gasteiger partial charge is 0.326 e. The first-order chi connectivity index (χ1) is 50.6. The molecule has 0 aliphatic heterocycles. The SMILES string of the molecule is CC(C)C[C@H](NC(=O)[C@H](Cc1ccccc1)NC(=O)[C@H](CC(=O)O)NC(=O)CNC(=O)[C@H](Cc1ccccc1)NC(=O)[C@H](CC(N)=O)NC(=O)[C@@H](N)CCS(C)=O)C(=O)N[C@H](C(=O)N[C@H](C(=O)N[C@@H](CCS(C)=O)C(=O)N[C@H](C(=O)N[C@@H](CCC(N)=O)C(=O)N[C@@H](CCCCN)C(=O)O)[C@@H](C)O)C(C)C)[C@@H](C)O. The Kier molecular flexibility index (Phi) is 42.2. The lowest BCUT2D eigenvalue weighted by molar-refractivity contribution is -0.143. The Morgan fingerprint density at radius 2 is 0.824 bits per heavy atom. The molecule has 0 aliphatic carbocycles. The highest BCUT2D eigenvalue weighted by Gasteiger charge is 2.39. The lowest BCUT2D eigenvalue weighted by atomic mass is 9.99. The van der Waals surface area contributed by atoms with Crippen molar-refractivity contribution in [2.75, 3.05) is 37.1 Å². The minimum Gasteiger partial charge on any atom is -0.481 e. The summed E-state index contributed by atoms with van der Waals surface area (Å²) in [5.41, 5.74) is 23.0. The summed E-state index contributed by atoms with van der Waals surface area (Å²) in [6.07, 6.45) is -4.10. The number of carbonyl (C=O) groups excluding carboxylic acids is 14. The number of aliphatic carboxylic acids is 2. The van der Waals surface area contributed by atoms with E-state index in [-0.39, 0.29) is 56.6 Å². The Morgan fingerprint density at radius 1 is 0.426 bits per heavy atom. The number of hydrogen-bond donors (Lipinski definition) is 20. The molecule has 108 heavy (non-hydrogen) atoms. The number of primary amides is 2. The summed E-state index contributed by atoms with van der Waals surface area (Å²) >= 11 is 0. The molecule has 0 aliphatic rings. The van der Waals surface area contributed by atoms with Gasteiger partial charge in [-0.1, -0.05) is 88.4 Å². The summed E-state index contributed by atoms with van der Waals surface area (Å²) in [6, 6.07) is -3.74. The first-order valence-corrected chi connectivity index (χ1v) is 38.2. The average Bonchev–Trinajstić information content (AvgIpc) is 0.856. The van der Waals surface area contributed by atoms with Gasteiger partial charge in [-0.05, 0) is 88.3 Å². The first kappa shape index (κ1) is 94.2. The van der Waals surface area contributed by atoms with Gasteiger partial charge in [-0.3, -0.25) is 80.3 Å². The van der Waals surface area contributed by atoms with E-state index in [4.69, 9.17) is 22.9 Å². The maximum absolute atomic E-state index is 14.6. The van der Waals surface area contributed by atoms with Crippen molar-refractivity contribution >= 4 is 116 Å². The summed E-state index contributed by atoms with van der Waals surface area (Å²) in [4.78, 5) is 215. The molecule has 24 N–H and O–H groups in total. The molecule has 0 spiro atoms. The van der Waals surface area contributed by atoms with Gasteiger partial charge < -0.3 is 107 Å². The van der Waals surface area contributed by atoms with Crippen molar-refractivity contribution in [1.82, 2.24) is 63.8 Å². The van der Waals surface area contributed by atoms with E-state index in [9.17, 15) is 106 Å². The van der Waals surface area contributed by atoms with Gasteiger partial charge in [-0.15, -0.1) is 0 Å². The van der Waals surface area contributed by atoms with Gasteiger partial charge in [0.05, 0.1) is 37.6 Å². The monoisotopic (exact) mass is 1560 g/mol. The molecule has 0 aromatic heterocycles. The highest BCUT2D eigenvalue weighted by atomic mass is 32.2.